The first-order valence-corrected chi connectivity index (χ1v) is 15.0. The first-order chi connectivity index (χ1) is 20.9. The zero-order valence-corrected chi connectivity index (χ0v) is 24.6. The lowest BCUT2D eigenvalue weighted by molar-refractivity contribution is 0.0684. The van der Waals surface area contributed by atoms with Gasteiger partial charge in [0.1, 0.15) is 5.82 Å². The number of allylic oxidation sites excluding steroid dienone is 3. The standard InChI is InChI=1S/C36H36FN3O3/c1-23-20-25(22-32-33(23)34-30(4-3-5-31(34)39-32)35(41)38-16-19-43-2)21-24-14-17-40(18-15-24)36(42)28-8-6-26(7-9-28)27-10-12-29(37)13-11-27/h3-13,20,22,24-25H,14-19,21H2,1-2H3,(H,38,41). The average Bonchev–Trinajstić information content (AvgIpc) is 3.41. The second kappa shape index (κ2) is 12.5. The molecular weight excluding hydrogens is 541 g/mol. The van der Waals surface area contributed by atoms with E-state index in [4.69, 9.17) is 9.73 Å². The Bertz CT molecular complexity index is 1720. The van der Waals surface area contributed by atoms with E-state index in [0.29, 0.717) is 30.2 Å². The second-order valence-electron chi connectivity index (χ2n) is 11.6. The van der Waals surface area contributed by atoms with Gasteiger partial charge in [-0.25, -0.2) is 9.38 Å². The van der Waals surface area contributed by atoms with Crippen LogP contribution in [0.2, 0.25) is 0 Å². The molecular formula is C36H36FN3O3. The van der Waals surface area contributed by atoms with Gasteiger partial charge in [0.05, 0.1) is 17.7 Å². The number of likely N-dealkylation sites (tertiary alicyclic amines) is 1. The van der Waals surface area contributed by atoms with Crippen LogP contribution in [0.25, 0.3) is 16.7 Å². The molecule has 0 aromatic heterocycles. The molecule has 0 saturated carbocycles. The molecule has 1 fully saturated rings. The molecule has 3 aliphatic rings. The van der Waals surface area contributed by atoms with Crippen molar-refractivity contribution < 1.29 is 18.7 Å². The van der Waals surface area contributed by atoms with E-state index in [1.165, 1.54) is 12.1 Å². The molecule has 1 saturated heterocycles. The molecule has 220 valence electrons. The number of halogens is 1. The number of carbonyl (C=O) groups excluding carboxylic acids is 2. The van der Waals surface area contributed by atoms with Gasteiger partial charge in [0.25, 0.3) is 11.8 Å². The van der Waals surface area contributed by atoms with Crippen molar-refractivity contribution in [2.24, 2.45) is 16.8 Å². The quantitative estimate of drug-likeness (QED) is 0.381. The zero-order chi connectivity index (χ0) is 29.9. The molecule has 0 bridgehead atoms. The fraction of sp³-hybridized carbons (Fsp3) is 0.306. The molecule has 43 heavy (non-hydrogen) atoms. The van der Waals surface area contributed by atoms with Gasteiger partial charge >= 0.3 is 0 Å². The number of carbonyl (C=O) groups is 2. The molecule has 1 unspecified atom stereocenters. The Labute approximate surface area is 251 Å². The number of ether oxygens (including phenoxy) is 1. The molecule has 6 rings (SSSR count). The number of amides is 2. The molecule has 1 aliphatic carbocycles. The minimum absolute atomic E-state index is 0.0588. The molecule has 3 aromatic rings. The molecule has 7 heteroatoms. The van der Waals surface area contributed by atoms with Crippen LogP contribution >= 0.6 is 0 Å². The first kappa shape index (κ1) is 28.7. The van der Waals surface area contributed by atoms with E-state index >= 15 is 0 Å². The Morgan fingerprint density at radius 2 is 1.67 bits per heavy atom. The maximum absolute atomic E-state index is 13.3. The van der Waals surface area contributed by atoms with Gasteiger partial charge in [0, 0.05) is 48.7 Å². The van der Waals surface area contributed by atoms with Crippen molar-refractivity contribution in [1.29, 1.82) is 0 Å². The number of nitrogens with zero attached hydrogens (tertiary/aromatic N) is 2. The number of methoxy groups -OCH3 is 1. The predicted molar refractivity (Wildman–Crippen MR) is 165 cm³/mol. The lowest BCUT2D eigenvalue weighted by Crippen LogP contribution is -2.38. The maximum Gasteiger partial charge on any atom is 0.253 e. The smallest absolute Gasteiger partial charge is 0.253 e. The lowest BCUT2D eigenvalue weighted by atomic mass is 9.82. The van der Waals surface area contributed by atoms with Crippen LogP contribution in [0.5, 0.6) is 0 Å². The molecule has 2 aliphatic heterocycles. The van der Waals surface area contributed by atoms with Crippen LogP contribution in [-0.2, 0) is 4.74 Å². The third-order valence-electron chi connectivity index (χ3n) is 8.67. The summed E-state index contributed by atoms with van der Waals surface area (Å²) < 4.78 is 18.3. The van der Waals surface area contributed by atoms with Crippen molar-refractivity contribution >= 4 is 17.4 Å². The average molecular weight is 578 g/mol. The minimum atomic E-state index is -0.262. The highest BCUT2D eigenvalue weighted by Gasteiger charge is 2.28. The Hall–Kier alpha value is -4.36. The molecule has 0 radical (unpaired) electrons. The van der Waals surface area contributed by atoms with E-state index in [-0.39, 0.29) is 23.5 Å². The number of benzene rings is 3. The van der Waals surface area contributed by atoms with Gasteiger partial charge in [-0.05, 0) is 91.1 Å². The van der Waals surface area contributed by atoms with Gasteiger partial charge in [-0.1, -0.05) is 42.5 Å². The highest BCUT2D eigenvalue weighted by atomic mass is 19.1. The van der Waals surface area contributed by atoms with Crippen LogP contribution in [0, 0.1) is 17.7 Å². The highest BCUT2D eigenvalue weighted by molar-refractivity contribution is 5.97. The van der Waals surface area contributed by atoms with Crippen molar-refractivity contribution in [2.75, 3.05) is 33.4 Å². The van der Waals surface area contributed by atoms with Crippen LogP contribution in [0.4, 0.5) is 4.39 Å². The Morgan fingerprint density at radius 1 is 0.977 bits per heavy atom. The molecule has 2 amide bonds. The Morgan fingerprint density at radius 3 is 2.37 bits per heavy atom. The van der Waals surface area contributed by atoms with Gasteiger partial charge < -0.3 is 15.0 Å². The summed E-state index contributed by atoms with van der Waals surface area (Å²) in [6, 6.07) is 19.7. The molecule has 6 nitrogen and oxygen atoms in total. The van der Waals surface area contributed by atoms with Gasteiger partial charge in [-0.15, -0.1) is 0 Å². The number of rotatable bonds is 8. The number of hydrogen-bond acceptors (Lipinski definition) is 4. The van der Waals surface area contributed by atoms with Gasteiger partial charge in [0.15, 0.2) is 0 Å². The molecule has 1 N–H and O–H groups in total. The number of nitrogens with one attached hydrogen (secondary N) is 1. The number of fused-ring (bicyclic) bond motifs is 2. The summed E-state index contributed by atoms with van der Waals surface area (Å²) in [6.45, 7) is 4.52. The summed E-state index contributed by atoms with van der Waals surface area (Å²) in [7, 11) is 1.62. The summed E-state index contributed by atoms with van der Waals surface area (Å²) in [5.41, 5.74) is 6.36. The van der Waals surface area contributed by atoms with E-state index in [1.54, 1.807) is 19.2 Å². The first-order valence-electron chi connectivity index (χ1n) is 15.0. The van der Waals surface area contributed by atoms with E-state index in [1.807, 2.05) is 47.4 Å². The van der Waals surface area contributed by atoms with Gasteiger partial charge in [-0.2, -0.15) is 0 Å². The normalized spacial score (nSPS) is 17.9. The van der Waals surface area contributed by atoms with Gasteiger partial charge in [-0.3, -0.25) is 9.59 Å². The van der Waals surface area contributed by atoms with E-state index in [0.717, 1.165) is 70.9 Å². The third kappa shape index (κ3) is 6.09. The van der Waals surface area contributed by atoms with Crippen LogP contribution in [0.3, 0.4) is 0 Å². The van der Waals surface area contributed by atoms with E-state index in [9.17, 15) is 14.0 Å². The Kier molecular flexibility index (Phi) is 8.34. The summed E-state index contributed by atoms with van der Waals surface area (Å²) in [6.07, 6.45) is 7.49. The second-order valence-corrected chi connectivity index (χ2v) is 11.6. The van der Waals surface area contributed by atoms with Crippen molar-refractivity contribution in [2.45, 2.75) is 26.2 Å². The van der Waals surface area contributed by atoms with Crippen molar-refractivity contribution in [3.63, 3.8) is 0 Å². The SMILES string of the molecule is COCCNC(=O)c1cccc2c1=C1C(C)=CC(CC3CCN(C(=O)c4ccc(-c5ccc(F)cc5)cc4)CC3)C=C1N=2. The van der Waals surface area contributed by atoms with Crippen LogP contribution in [-0.4, -0.2) is 50.1 Å². The topological polar surface area (TPSA) is 71.0 Å². The third-order valence-corrected chi connectivity index (χ3v) is 8.67. The minimum Gasteiger partial charge on any atom is -0.383 e. The fourth-order valence-electron chi connectivity index (χ4n) is 6.46. The maximum atomic E-state index is 13.3. The molecule has 0 spiro atoms. The number of piperidine rings is 1. The van der Waals surface area contributed by atoms with Crippen LogP contribution in [0.15, 0.2) is 95.1 Å². The summed E-state index contributed by atoms with van der Waals surface area (Å²) in [5, 5.41) is 4.69. The summed E-state index contributed by atoms with van der Waals surface area (Å²) >= 11 is 0. The summed E-state index contributed by atoms with van der Waals surface area (Å²) in [5.74, 6) is 0.466. The number of hydrogen-bond donors (Lipinski definition) is 1. The zero-order valence-electron chi connectivity index (χ0n) is 24.6. The van der Waals surface area contributed by atoms with Crippen molar-refractivity contribution in [3.05, 3.63) is 118 Å². The van der Waals surface area contributed by atoms with Gasteiger partial charge in [0.2, 0.25) is 0 Å². The van der Waals surface area contributed by atoms with Crippen molar-refractivity contribution in [3.8, 4) is 11.1 Å². The fourth-order valence-corrected chi connectivity index (χ4v) is 6.46. The molecule has 3 aromatic carbocycles. The van der Waals surface area contributed by atoms with Crippen LogP contribution in [0.1, 0.15) is 46.9 Å². The van der Waals surface area contributed by atoms with Crippen LogP contribution < -0.4 is 15.9 Å². The molecule has 1 atom stereocenters. The lowest BCUT2D eigenvalue weighted by Gasteiger charge is -2.33. The Balaban J connectivity index is 1.09. The monoisotopic (exact) mass is 577 g/mol. The molecule has 2 heterocycles. The summed E-state index contributed by atoms with van der Waals surface area (Å²) in [4.78, 5) is 33.0. The highest BCUT2D eigenvalue weighted by Crippen LogP contribution is 2.35. The van der Waals surface area contributed by atoms with E-state index < -0.39 is 0 Å². The van der Waals surface area contributed by atoms with Crippen molar-refractivity contribution in [1.82, 2.24) is 10.2 Å². The predicted octanol–water partition coefficient (Wildman–Crippen LogP) is 5.06. The largest absolute Gasteiger partial charge is 0.383 e. The van der Waals surface area contributed by atoms with E-state index in [2.05, 4.69) is 24.4 Å².